The van der Waals surface area contributed by atoms with E-state index >= 15 is 0 Å². The van der Waals surface area contributed by atoms with Gasteiger partial charge in [0.05, 0.1) is 0 Å². The second-order valence-corrected chi connectivity index (χ2v) is 4.49. The number of allylic oxidation sites excluding steroid dienone is 1. The first kappa shape index (κ1) is 11.0. The summed E-state index contributed by atoms with van der Waals surface area (Å²) in [6.07, 6.45) is 4.41. The molecular formula is C15H19N. The number of aromatic nitrogens is 1. The molecule has 0 aliphatic rings. The molecule has 1 nitrogen and oxygen atoms in total. The maximum Gasteiger partial charge on any atom is 0.0454 e. The summed E-state index contributed by atoms with van der Waals surface area (Å²) in [5.41, 5.74) is 3.72. The monoisotopic (exact) mass is 213 g/mol. The van der Waals surface area contributed by atoms with Crippen LogP contribution in [0, 0.1) is 5.92 Å². The zero-order chi connectivity index (χ0) is 11.5. The van der Waals surface area contributed by atoms with Gasteiger partial charge in [0.15, 0.2) is 0 Å². The normalized spacial score (nSPS) is 12.9. The van der Waals surface area contributed by atoms with E-state index in [1.807, 2.05) is 6.20 Å². The third-order valence-electron chi connectivity index (χ3n) is 3.24. The average molecular weight is 213 g/mol. The Balaban J connectivity index is 2.28. The van der Waals surface area contributed by atoms with Gasteiger partial charge in [-0.15, -0.1) is 0 Å². The highest BCUT2D eigenvalue weighted by atomic mass is 14.7. The largest absolute Gasteiger partial charge is 0.361 e. The summed E-state index contributed by atoms with van der Waals surface area (Å²) in [5, 5.41) is 1.27. The lowest BCUT2D eigenvalue weighted by Crippen LogP contribution is -1.96. The van der Waals surface area contributed by atoms with Gasteiger partial charge in [0.2, 0.25) is 0 Å². The SMILES string of the molecule is C=C(c1ccc2[nH]ccc2c1)C(C)CCC. The van der Waals surface area contributed by atoms with E-state index in [-0.39, 0.29) is 0 Å². The molecule has 1 unspecified atom stereocenters. The zero-order valence-corrected chi connectivity index (χ0v) is 10.1. The molecule has 0 radical (unpaired) electrons. The van der Waals surface area contributed by atoms with Crippen LogP contribution >= 0.6 is 0 Å². The van der Waals surface area contributed by atoms with Crippen molar-refractivity contribution >= 4 is 16.5 Å². The number of nitrogens with one attached hydrogen (secondary N) is 1. The minimum atomic E-state index is 0.571. The number of benzene rings is 1. The molecule has 1 aromatic heterocycles. The molecule has 0 fully saturated rings. The topological polar surface area (TPSA) is 15.8 Å². The third kappa shape index (κ3) is 2.04. The van der Waals surface area contributed by atoms with Crippen molar-refractivity contribution in [2.24, 2.45) is 5.92 Å². The Kier molecular flexibility index (Phi) is 3.14. The number of H-pyrrole nitrogens is 1. The van der Waals surface area contributed by atoms with E-state index in [9.17, 15) is 0 Å². The van der Waals surface area contributed by atoms with Crippen molar-refractivity contribution in [1.29, 1.82) is 0 Å². The fraction of sp³-hybridized carbons (Fsp3) is 0.333. The average Bonchev–Trinajstić information content (AvgIpc) is 2.75. The van der Waals surface area contributed by atoms with Gasteiger partial charge in [-0.25, -0.2) is 0 Å². The van der Waals surface area contributed by atoms with Gasteiger partial charge in [-0.3, -0.25) is 0 Å². The van der Waals surface area contributed by atoms with Crippen molar-refractivity contribution < 1.29 is 0 Å². The number of hydrogen-bond acceptors (Lipinski definition) is 0. The highest BCUT2D eigenvalue weighted by molar-refractivity contribution is 5.83. The highest BCUT2D eigenvalue weighted by Gasteiger charge is 2.08. The maximum absolute atomic E-state index is 4.22. The Labute approximate surface area is 97.2 Å². The Morgan fingerprint density at radius 1 is 1.38 bits per heavy atom. The molecule has 1 heteroatoms. The molecule has 16 heavy (non-hydrogen) atoms. The molecule has 1 aromatic carbocycles. The van der Waals surface area contributed by atoms with E-state index in [1.165, 1.54) is 34.9 Å². The van der Waals surface area contributed by atoms with Crippen LogP contribution < -0.4 is 0 Å². The lowest BCUT2D eigenvalue weighted by molar-refractivity contribution is 0.651. The van der Waals surface area contributed by atoms with Gasteiger partial charge in [0.1, 0.15) is 0 Å². The van der Waals surface area contributed by atoms with Crippen LogP contribution in [0.4, 0.5) is 0 Å². The smallest absolute Gasteiger partial charge is 0.0454 e. The molecule has 0 bridgehead atoms. The van der Waals surface area contributed by atoms with E-state index in [2.05, 4.69) is 49.7 Å². The van der Waals surface area contributed by atoms with Gasteiger partial charge in [-0.1, -0.05) is 32.9 Å². The van der Waals surface area contributed by atoms with E-state index in [1.54, 1.807) is 0 Å². The highest BCUT2D eigenvalue weighted by Crippen LogP contribution is 2.27. The third-order valence-corrected chi connectivity index (χ3v) is 3.24. The molecule has 84 valence electrons. The van der Waals surface area contributed by atoms with Crippen LogP contribution in [-0.2, 0) is 0 Å². The molecular weight excluding hydrogens is 194 g/mol. The van der Waals surface area contributed by atoms with Crippen LogP contribution in [0.25, 0.3) is 16.5 Å². The molecule has 1 atom stereocenters. The molecule has 2 aromatic rings. The predicted octanol–water partition coefficient (Wildman–Crippen LogP) is 4.62. The second kappa shape index (κ2) is 4.56. The number of aromatic amines is 1. The summed E-state index contributed by atoms with van der Waals surface area (Å²) in [6.45, 7) is 8.70. The minimum absolute atomic E-state index is 0.571. The van der Waals surface area contributed by atoms with Crippen molar-refractivity contribution in [2.45, 2.75) is 26.7 Å². The molecule has 2 rings (SSSR count). The molecule has 1 N–H and O–H groups in total. The Hall–Kier alpha value is -1.50. The van der Waals surface area contributed by atoms with E-state index in [0.717, 1.165) is 0 Å². The molecule has 0 aliphatic carbocycles. The molecule has 0 saturated carbocycles. The van der Waals surface area contributed by atoms with E-state index < -0.39 is 0 Å². The molecule has 0 spiro atoms. The van der Waals surface area contributed by atoms with Crippen molar-refractivity contribution in [1.82, 2.24) is 4.98 Å². The van der Waals surface area contributed by atoms with Crippen LogP contribution in [0.15, 0.2) is 37.0 Å². The van der Waals surface area contributed by atoms with Crippen LogP contribution in [0.3, 0.4) is 0 Å². The Bertz CT molecular complexity index is 493. The predicted molar refractivity (Wildman–Crippen MR) is 71.4 cm³/mol. The number of rotatable bonds is 4. The van der Waals surface area contributed by atoms with Crippen molar-refractivity contribution in [3.05, 3.63) is 42.6 Å². The second-order valence-electron chi connectivity index (χ2n) is 4.49. The lowest BCUT2D eigenvalue weighted by Gasteiger charge is -2.14. The first-order valence-electron chi connectivity index (χ1n) is 5.98. The summed E-state index contributed by atoms with van der Waals surface area (Å²) < 4.78 is 0. The molecule has 0 amide bonds. The fourth-order valence-electron chi connectivity index (χ4n) is 2.14. The first-order valence-corrected chi connectivity index (χ1v) is 5.98. The number of hydrogen-bond donors (Lipinski definition) is 1. The van der Waals surface area contributed by atoms with Gasteiger partial charge in [0, 0.05) is 11.7 Å². The van der Waals surface area contributed by atoms with Crippen LogP contribution in [0.2, 0.25) is 0 Å². The summed E-state index contributed by atoms with van der Waals surface area (Å²) in [5.74, 6) is 0.571. The van der Waals surface area contributed by atoms with Gasteiger partial charge in [-0.2, -0.15) is 0 Å². The number of fused-ring (bicyclic) bond motifs is 1. The van der Waals surface area contributed by atoms with E-state index in [4.69, 9.17) is 0 Å². The fourth-order valence-corrected chi connectivity index (χ4v) is 2.14. The molecule has 0 saturated heterocycles. The summed E-state index contributed by atoms with van der Waals surface area (Å²) in [4.78, 5) is 3.21. The van der Waals surface area contributed by atoms with E-state index in [0.29, 0.717) is 5.92 Å². The van der Waals surface area contributed by atoms with Gasteiger partial charge < -0.3 is 4.98 Å². The van der Waals surface area contributed by atoms with Gasteiger partial charge in [-0.05, 0) is 47.1 Å². The summed E-state index contributed by atoms with van der Waals surface area (Å²) >= 11 is 0. The Morgan fingerprint density at radius 2 is 2.19 bits per heavy atom. The first-order chi connectivity index (χ1) is 7.72. The molecule has 0 aliphatic heterocycles. The molecule has 1 heterocycles. The quantitative estimate of drug-likeness (QED) is 0.763. The van der Waals surface area contributed by atoms with Gasteiger partial charge >= 0.3 is 0 Å². The minimum Gasteiger partial charge on any atom is -0.361 e. The van der Waals surface area contributed by atoms with Crippen molar-refractivity contribution in [3.63, 3.8) is 0 Å². The van der Waals surface area contributed by atoms with Gasteiger partial charge in [0.25, 0.3) is 0 Å². The van der Waals surface area contributed by atoms with Crippen molar-refractivity contribution in [3.8, 4) is 0 Å². The summed E-state index contributed by atoms with van der Waals surface area (Å²) in [6, 6.07) is 8.62. The van der Waals surface area contributed by atoms with Crippen LogP contribution in [0.5, 0.6) is 0 Å². The summed E-state index contributed by atoms with van der Waals surface area (Å²) in [7, 11) is 0. The Morgan fingerprint density at radius 3 is 2.94 bits per heavy atom. The zero-order valence-electron chi connectivity index (χ0n) is 10.1. The van der Waals surface area contributed by atoms with Crippen LogP contribution in [-0.4, -0.2) is 4.98 Å². The van der Waals surface area contributed by atoms with Crippen molar-refractivity contribution in [2.75, 3.05) is 0 Å². The van der Waals surface area contributed by atoms with Crippen LogP contribution in [0.1, 0.15) is 32.3 Å². The maximum atomic E-state index is 4.22. The lowest BCUT2D eigenvalue weighted by atomic mass is 9.91. The standard InChI is InChI=1S/C15H19N/c1-4-5-11(2)12(3)13-6-7-15-14(10-13)8-9-16-15/h6-11,16H,3-5H2,1-2H3.